The van der Waals surface area contributed by atoms with E-state index in [9.17, 15) is 18.0 Å². The molecule has 6 heteroatoms. The highest BCUT2D eigenvalue weighted by molar-refractivity contribution is 5.81. The van der Waals surface area contributed by atoms with Gasteiger partial charge in [0, 0.05) is 6.08 Å². The zero-order valence-electron chi connectivity index (χ0n) is 10.2. The normalized spacial score (nSPS) is 11.6. The summed E-state index contributed by atoms with van der Waals surface area (Å²) in [6.07, 6.45) is -2.06. The fraction of sp³-hybridized carbons (Fsp3) is 0.308. The van der Waals surface area contributed by atoms with Gasteiger partial charge in [-0.25, -0.2) is 4.79 Å². The van der Waals surface area contributed by atoms with E-state index in [0.717, 1.165) is 12.1 Å². The van der Waals surface area contributed by atoms with Crippen molar-refractivity contribution in [3.05, 3.63) is 42.0 Å². The van der Waals surface area contributed by atoms with Gasteiger partial charge in [-0.1, -0.05) is 12.1 Å². The van der Waals surface area contributed by atoms with Crippen LogP contribution >= 0.6 is 0 Å². The molecular formula is C13H13F3O3. The van der Waals surface area contributed by atoms with Gasteiger partial charge in [-0.05, 0) is 25.1 Å². The Morgan fingerprint density at radius 3 is 2.63 bits per heavy atom. The van der Waals surface area contributed by atoms with E-state index in [1.807, 2.05) is 0 Å². The highest BCUT2D eigenvalue weighted by Gasteiger charge is 2.33. The lowest BCUT2D eigenvalue weighted by Crippen LogP contribution is -2.08. The molecule has 0 radical (unpaired) electrons. The minimum absolute atomic E-state index is 0.147. The fourth-order valence-corrected chi connectivity index (χ4v) is 1.30. The molecular weight excluding hydrogens is 261 g/mol. The number of para-hydroxylation sites is 1. The van der Waals surface area contributed by atoms with Crippen molar-refractivity contribution < 1.29 is 27.4 Å². The van der Waals surface area contributed by atoms with Crippen LogP contribution in [0.2, 0.25) is 0 Å². The van der Waals surface area contributed by atoms with Gasteiger partial charge in [0.15, 0.2) is 0 Å². The van der Waals surface area contributed by atoms with E-state index in [2.05, 4.69) is 4.74 Å². The lowest BCUT2D eigenvalue weighted by atomic mass is 10.2. The third-order valence-electron chi connectivity index (χ3n) is 2.07. The molecule has 0 fully saturated rings. The molecule has 0 atom stereocenters. The molecule has 0 amide bonds. The van der Waals surface area contributed by atoms with Gasteiger partial charge in [-0.3, -0.25) is 0 Å². The van der Waals surface area contributed by atoms with Crippen molar-refractivity contribution in [1.29, 1.82) is 0 Å². The largest absolute Gasteiger partial charge is 0.489 e. The number of halogens is 3. The summed E-state index contributed by atoms with van der Waals surface area (Å²) in [7, 11) is 0. The standard InChI is InChI=1S/C13H13F3O3/c1-2-18-12(17)8-5-9-19-11-7-4-3-6-10(11)13(14,15)16/h3-8H,2,9H2,1H3/b8-5+. The van der Waals surface area contributed by atoms with Crippen molar-refractivity contribution in [3.8, 4) is 5.75 Å². The number of hydrogen-bond acceptors (Lipinski definition) is 3. The maximum atomic E-state index is 12.6. The molecule has 0 aliphatic rings. The van der Waals surface area contributed by atoms with Crippen LogP contribution < -0.4 is 4.74 Å². The Kier molecular flexibility index (Phi) is 5.41. The number of carbonyl (C=O) groups is 1. The average Bonchev–Trinajstić information content (AvgIpc) is 2.34. The molecule has 0 aromatic heterocycles. The third-order valence-corrected chi connectivity index (χ3v) is 2.07. The Morgan fingerprint density at radius 2 is 2.00 bits per heavy atom. The minimum Gasteiger partial charge on any atom is -0.489 e. The predicted octanol–water partition coefficient (Wildman–Crippen LogP) is 3.20. The van der Waals surface area contributed by atoms with Gasteiger partial charge < -0.3 is 9.47 Å². The molecule has 104 valence electrons. The molecule has 19 heavy (non-hydrogen) atoms. The first kappa shape index (κ1) is 15.1. The predicted molar refractivity (Wildman–Crippen MR) is 62.7 cm³/mol. The van der Waals surface area contributed by atoms with Crippen LogP contribution in [0.25, 0.3) is 0 Å². The van der Waals surface area contributed by atoms with Gasteiger partial charge in [0.05, 0.1) is 12.2 Å². The van der Waals surface area contributed by atoms with Gasteiger partial charge >= 0.3 is 12.1 Å². The molecule has 0 bridgehead atoms. The first-order valence-corrected chi connectivity index (χ1v) is 5.57. The molecule has 1 aromatic carbocycles. The Bertz CT molecular complexity index is 453. The van der Waals surface area contributed by atoms with Crippen LogP contribution in [-0.2, 0) is 15.7 Å². The van der Waals surface area contributed by atoms with E-state index in [-0.39, 0.29) is 19.0 Å². The highest BCUT2D eigenvalue weighted by Crippen LogP contribution is 2.35. The quantitative estimate of drug-likeness (QED) is 0.611. The number of alkyl halides is 3. The van der Waals surface area contributed by atoms with Crippen molar-refractivity contribution in [2.45, 2.75) is 13.1 Å². The van der Waals surface area contributed by atoms with E-state index in [1.54, 1.807) is 6.92 Å². The minimum atomic E-state index is -4.47. The highest BCUT2D eigenvalue weighted by atomic mass is 19.4. The second-order valence-electron chi connectivity index (χ2n) is 3.46. The lowest BCUT2D eigenvalue weighted by molar-refractivity contribution is -0.139. The van der Waals surface area contributed by atoms with Crippen molar-refractivity contribution in [3.63, 3.8) is 0 Å². The molecule has 0 saturated carbocycles. The van der Waals surface area contributed by atoms with Crippen LogP contribution in [-0.4, -0.2) is 19.2 Å². The summed E-state index contributed by atoms with van der Waals surface area (Å²) in [5.41, 5.74) is -0.848. The zero-order valence-corrected chi connectivity index (χ0v) is 10.2. The summed E-state index contributed by atoms with van der Waals surface area (Å²) in [4.78, 5) is 10.9. The SMILES string of the molecule is CCOC(=O)/C=C/COc1ccccc1C(F)(F)F. The van der Waals surface area contributed by atoms with Gasteiger partial charge in [0.25, 0.3) is 0 Å². The van der Waals surface area contributed by atoms with Crippen LogP contribution in [0.4, 0.5) is 13.2 Å². The smallest absolute Gasteiger partial charge is 0.419 e. The summed E-state index contributed by atoms with van der Waals surface area (Å²) >= 11 is 0. The van der Waals surface area contributed by atoms with E-state index >= 15 is 0 Å². The van der Waals surface area contributed by atoms with Crippen molar-refractivity contribution in [2.24, 2.45) is 0 Å². The lowest BCUT2D eigenvalue weighted by Gasteiger charge is -2.12. The molecule has 0 unspecified atom stereocenters. The van der Waals surface area contributed by atoms with Crippen LogP contribution in [0.15, 0.2) is 36.4 Å². The molecule has 0 saturated heterocycles. The summed E-state index contributed by atoms with van der Waals surface area (Å²) in [6.45, 7) is 1.74. The zero-order chi connectivity index (χ0) is 14.3. The van der Waals surface area contributed by atoms with E-state index in [0.29, 0.717) is 0 Å². The molecule has 0 heterocycles. The first-order valence-electron chi connectivity index (χ1n) is 5.57. The molecule has 0 aliphatic heterocycles. The summed E-state index contributed by atoms with van der Waals surface area (Å²) in [6, 6.07) is 4.88. The van der Waals surface area contributed by atoms with Crippen molar-refractivity contribution in [2.75, 3.05) is 13.2 Å². The molecule has 0 spiro atoms. The second kappa shape index (κ2) is 6.82. The van der Waals surface area contributed by atoms with Gasteiger partial charge in [-0.15, -0.1) is 0 Å². The number of esters is 1. The summed E-state index contributed by atoms with van der Waals surface area (Å²) in [5, 5.41) is 0. The summed E-state index contributed by atoms with van der Waals surface area (Å²) in [5.74, 6) is -0.835. The third kappa shape index (κ3) is 5.03. The molecule has 0 N–H and O–H groups in total. The van der Waals surface area contributed by atoms with Gasteiger partial charge in [-0.2, -0.15) is 13.2 Å². The molecule has 0 aliphatic carbocycles. The first-order chi connectivity index (χ1) is 8.95. The van der Waals surface area contributed by atoms with Crippen LogP contribution in [0.1, 0.15) is 12.5 Å². The maximum Gasteiger partial charge on any atom is 0.419 e. The van der Waals surface area contributed by atoms with Crippen LogP contribution in [0.3, 0.4) is 0 Å². The Hall–Kier alpha value is -1.98. The number of rotatable bonds is 5. The second-order valence-corrected chi connectivity index (χ2v) is 3.46. The van der Waals surface area contributed by atoms with Crippen LogP contribution in [0.5, 0.6) is 5.75 Å². The Morgan fingerprint density at radius 1 is 1.32 bits per heavy atom. The Balaban J connectivity index is 2.61. The van der Waals surface area contributed by atoms with Gasteiger partial charge in [0.2, 0.25) is 0 Å². The number of hydrogen-bond donors (Lipinski definition) is 0. The number of ether oxygens (including phenoxy) is 2. The summed E-state index contributed by atoms with van der Waals surface area (Å²) < 4.78 is 47.4. The Labute approximate surface area is 108 Å². The number of benzene rings is 1. The van der Waals surface area contributed by atoms with E-state index < -0.39 is 17.7 Å². The van der Waals surface area contributed by atoms with Crippen molar-refractivity contribution >= 4 is 5.97 Å². The molecule has 1 rings (SSSR count). The van der Waals surface area contributed by atoms with Crippen LogP contribution in [0, 0.1) is 0 Å². The van der Waals surface area contributed by atoms with E-state index in [4.69, 9.17) is 4.74 Å². The topological polar surface area (TPSA) is 35.5 Å². The maximum absolute atomic E-state index is 12.6. The number of carbonyl (C=O) groups excluding carboxylic acids is 1. The average molecular weight is 274 g/mol. The monoisotopic (exact) mass is 274 g/mol. The van der Waals surface area contributed by atoms with Gasteiger partial charge in [0.1, 0.15) is 12.4 Å². The molecule has 1 aromatic rings. The van der Waals surface area contributed by atoms with E-state index in [1.165, 1.54) is 24.3 Å². The van der Waals surface area contributed by atoms with Crippen molar-refractivity contribution in [1.82, 2.24) is 0 Å². The fourth-order valence-electron chi connectivity index (χ4n) is 1.30. The molecule has 3 nitrogen and oxygen atoms in total.